The smallest absolute Gasteiger partial charge is 0.0601 e. The van der Waals surface area contributed by atoms with Crippen molar-refractivity contribution < 1.29 is 0 Å². The molecule has 0 unspecified atom stereocenters. The molecule has 2 heteroatoms. The highest BCUT2D eigenvalue weighted by molar-refractivity contribution is 5.69. The third kappa shape index (κ3) is 4.59. The van der Waals surface area contributed by atoms with Crippen LogP contribution in [-0.4, -0.2) is 19.6 Å². The summed E-state index contributed by atoms with van der Waals surface area (Å²) in [6.07, 6.45) is 5.30. The number of para-hydroxylation sites is 2. The summed E-state index contributed by atoms with van der Waals surface area (Å²) < 4.78 is 0. The third-order valence-electron chi connectivity index (χ3n) is 3.28. The Labute approximate surface area is 112 Å². The Morgan fingerprint density at radius 3 is 2.44 bits per heavy atom. The van der Waals surface area contributed by atoms with E-state index in [0.717, 1.165) is 13.1 Å². The summed E-state index contributed by atoms with van der Waals surface area (Å²) >= 11 is 0. The molecule has 1 aromatic rings. The molecule has 0 bridgehead atoms. The van der Waals surface area contributed by atoms with Crippen molar-refractivity contribution in [3.63, 3.8) is 0 Å². The zero-order chi connectivity index (χ0) is 13.2. The van der Waals surface area contributed by atoms with Crippen LogP contribution in [0.25, 0.3) is 0 Å². The van der Waals surface area contributed by atoms with Gasteiger partial charge in [0.15, 0.2) is 0 Å². The topological polar surface area (TPSA) is 15.3 Å². The number of benzene rings is 1. The van der Waals surface area contributed by atoms with E-state index in [1.807, 2.05) is 0 Å². The molecule has 0 saturated carbocycles. The predicted octanol–water partition coefficient (Wildman–Crippen LogP) is 4.53. The minimum atomic E-state index is 0.977. The van der Waals surface area contributed by atoms with Gasteiger partial charge in [0.05, 0.1) is 11.4 Å². The van der Waals surface area contributed by atoms with Crippen LogP contribution in [-0.2, 0) is 0 Å². The second-order valence-electron chi connectivity index (χ2n) is 4.69. The fourth-order valence-corrected chi connectivity index (χ4v) is 2.27. The monoisotopic (exact) mass is 248 g/mol. The van der Waals surface area contributed by atoms with Crippen molar-refractivity contribution in [3.8, 4) is 0 Å². The molecular weight excluding hydrogens is 220 g/mol. The Morgan fingerprint density at radius 1 is 1.00 bits per heavy atom. The molecule has 0 aliphatic heterocycles. The van der Waals surface area contributed by atoms with Gasteiger partial charge in [-0.25, -0.2) is 0 Å². The molecule has 0 heterocycles. The predicted molar refractivity (Wildman–Crippen MR) is 82.6 cm³/mol. The first-order valence-corrected chi connectivity index (χ1v) is 7.41. The van der Waals surface area contributed by atoms with E-state index in [4.69, 9.17) is 0 Å². The zero-order valence-corrected chi connectivity index (χ0v) is 12.2. The highest BCUT2D eigenvalue weighted by Crippen LogP contribution is 2.25. The Balaban J connectivity index is 2.62. The second kappa shape index (κ2) is 8.84. The van der Waals surface area contributed by atoms with Crippen molar-refractivity contribution >= 4 is 11.4 Å². The number of anilines is 2. The van der Waals surface area contributed by atoms with Crippen molar-refractivity contribution in [1.29, 1.82) is 0 Å². The van der Waals surface area contributed by atoms with E-state index in [1.54, 1.807) is 0 Å². The maximum absolute atomic E-state index is 3.45. The molecule has 0 spiro atoms. The molecule has 0 radical (unpaired) electrons. The van der Waals surface area contributed by atoms with E-state index in [1.165, 1.54) is 43.6 Å². The lowest BCUT2D eigenvalue weighted by Crippen LogP contribution is -2.25. The summed E-state index contributed by atoms with van der Waals surface area (Å²) in [4.78, 5) is 2.48. The molecule has 102 valence electrons. The van der Waals surface area contributed by atoms with Crippen molar-refractivity contribution in [2.24, 2.45) is 0 Å². The van der Waals surface area contributed by atoms with E-state index < -0.39 is 0 Å². The SMILES string of the molecule is CCCCCCN(CC)c1ccccc1NCC. The average molecular weight is 248 g/mol. The highest BCUT2D eigenvalue weighted by atomic mass is 15.1. The molecule has 0 fully saturated rings. The van der Waals surface area contributed by atoms with E-state index in [9.17, 15) is 0 Å². The van der Waals surface area contributed by atoms with Crippen LogP contribution in [0, 0.1) is 0 Å². The highest BCUT2D eigenvalue weighted by Gasteiger charge is 2.08. The Morgan fingerprint density at radius 2 is 1.78 bits per heavy atom. The lowest BCUT2D eigenvalue weighted by molar-refractivity contribution is 0.649. The lowest BCUT2D eigenvalue weighted by Gasteiger charge is -2.26. The molecule has 0 saturated heterocycles. The van der Waals surface area contributed by atoms with Crippen LogP contribution in [0.4, 0.5) is 11.4 Å². The maximum atomic E-state index is 3.45. The van der Waals surface area contributed by atoms with Crippen LogP contribution in [0.1, 0.15) is 46.5 Å². The number of nitrogens with one attached hydrogen (secondary N) is 1. The van der Waals surface area contributed by atoms with Gasteiger partial charge in [0.1, 0.15) is 0 Å². The van der Waals surface area contributed by atoms with Crippen molar-refractivity contribution in [1.82, 2.24) is 0 Å². The standard InChI is InChI=1S/C16H28N2/c1-4-7-8-11-14-18(6-3)16-13-10-9-12-15(16)17-5-2/h9-10,12-13,17H,4-8,11,14H2,1-3H3. The average Bonchev–Trinajstić information content (AvgIpc) is 2.41. The summed E-state index contributed by atoms with van der Waals surface area (Å²) in [5.41, 5.74) is 2.61. The molecule has 0 atom stereocenters. The lowest BCUT2D eigenvalue weighted by atomic mass is 10.2. The molecule has 1 rings (SSSR count). The van der Waals surface area contributed by atoms with E-state index in [2.05, 4.69) is 55.3 Å². The first kappa shape index (κ1) is 14.9. The van der Waals surface area contributed by atoms with Crippen molar-refractivity contribution in [2.45, 2.75) is 46.5 Å². The van der Waals surface area contributed by atoms with Gasteiger partial charge < -0.3 is 10.2 Å². The number of unbranched alkanes of at least 4 members (excludes halogenated alkanes) is 3. The summed E-state index contributed by atoms with van der Waals surface area (Å²) in [5, 5.41) is 3.45. The van der Waals surface area contributed by atoms with Gasteiger partial charge in [0.25, 0.3) is 0 Å². The second-order valence-corrected chi connectivity index (χ2v) is 4.69. The van der Waals surface area contributed by atoms with Crippen LogP contribution in [0.3, 0.4) is 0 Å². The Kier molecular flexibility index (Phi) is 7.31. The first-order valence-electron chi connectivity index (χ1n) is 7.41. The fourth-order valence-electron chi connectivity index (χ4n) is 2.27. The van der Waals surface area contributed by atoms with Gasteiger partial charge in [0.2, 0.25) is 0 Å². The summed E-state index contributed by atoms with van der Waals surface area (Å²) in [6, 6.07) is 8.63. The number of rotatable bonds is 9. The van der Waals surface area contributed by atoms with Gasteiger partial charge in [-0.2, -0.15) is 0 Å². The number of nitrogens with zero attached hydrogens (tertiary/aromatic N) is 1. The van der Waals surface area contributed by atoms with E-state index >= 15 is 0 Å². The molecule has 0 amide bonds. The molecule has 18 heavy (non-hydrogen) atoms. The van der Waals surface area contributed by atoms with Gasteiger partial charge in [-0.1, -0.05) is 38.3 Å². The van der Waals surface area contributed by atoms with Gasteiger partial charge in [-0.15, -0.1) is 0 Å². The molecule has 2 nitrogen and oxygen atoms in total. The van der Waals surface area contributed by atoms with E-state index in [0.29, 0.717) is 0 Å². The van der Waals surface area contributed by atoms with Crippen molar-refractivity contribution in [3.05, 3.63) is 24.3 Å². The quantitative estimate of drug-likeness (QED) is 0.646. The van der Waals surface area contributed by atoms with Crippen LogP contribution in [0.2, 0.25) is 0 Å². The summed E-state index contributed by atoms with van der Waals surface area (Å²) in [5.74, 6) is 0. The van der Waals surface area contributed by atoms with E-state index in [-0.39, 0.29) is 0 Å². The summed E-state index contributed by atoms with van der Waals surface area (Å²) in [6.45, 7) is 9.87. The Hall–Kier alpha value is -1.18. The van der Waals surface area contributed by atoms with Crippen molar-refractivity contribution in [2.75, 3.05) is 29.9 Å². The van der Waals surface area contributed by atoms with Gasteiger partial charge in [-0.05, 0) is 32.4 Å². The molecule has 1 aromatic carbocycles. The van der Waals surface area contributed by atoms with Gasteiger partial charge >= 0.3 is 0 Å². The Bertz CT molecular complexity index is 323. The fraction of sp³-hybridized carbons (Fsp3) is 0.625. The summed E-state index contributed by atoms with van der Waals surface area (Å²) in [7, 11) is 0. The minimum Gasteiger partial charge on any atom is -0.384 e. The molecule has 0 aliphatic rings. The molecule has 0 aromatic heterocycles. The van der Waals surface area contributed by atoms with Crippen LogP contribution in [0.5, 0.6) is 0 Å². The molecule has 1 N–H and O–H groups in total. The minimum absolute atomic E-state index is 0.977. The number of hydrogen-bond donors (Lipinski definition) is 1. The van der Waals surface area contributed by atoms with Gasteiger partial charge in [-0.3, -0.25) is 0 Å². The molecular formula is C16H28N2. The normalized spacial score (nSPS) is 10.4. The number of hydrogen-bond acceptors (Lipinski definition) is 2. The zero-order valence-electron chi connectivity index (χ0n) is 12.2. The van der Waals surface area contributed by atoms with Crippen LogP contribution < -0.4 is 10.2 Å². The van der Waals surface area contributed by atoms with Crippen LogP contribution in [0.15, 0.2) is 24.3 Å². The maximum Gasteiger partial charge on any atom is 0.0601 e. The van der Waals surface area contributed by atoms with Crippen LogP contribution >= 0.6 is 0 Å². The van der Waals surface area contributed by atoms with Gasteiger partial charge in [0, 0.05) is 19.6 Å². The first-order chi connectivity index (χ1) is 8.83. The third-order valence-corrected chi connectivity index (χ3v) is 3.28. The molecule has 0 aliphatic carbocycles. The largest absolute Gasteiger partial charge is 0.384 e.